The van der Waals surface area contributed by atoms with E-state index in [1.807, 2.05) is 0 Å². The average Bonchev–Trinajstić information content (AvgIpc) is 3.30. The second-order valence-electron chi connectivity index (χ2n) is 13.3. The monoisotopic (exact) mass is 644 g/mol. The SMILES string of the molecule is COC(=O)C12OCC34C(CC5C(C)=CC(OC6OC(CO)C(O)C(O)C6O)C(O)C5(C)C3C(O)C1O)OC(=O)C(OC(C)=O)C24. The molecule has 16 nitrogen and oxygen atoms in total. The summed E-state index contributed by atoms with van der Waals surface area (Å²) in [6.07, 6.45) is -15.6. The molecule has 17 atom stereocenters. The van der Waals surface area contributed by atoms with Gasteiger partial charge in [0.1, 0.15) is 42.7 Å². The zero-order valence-corrected chi connectivity index (χ0v) is 25.1. The maximum Gasteiger partial charge on any atom is 0.348 e. The first-order valence-corrected chi connectivity index (χ1v) is 14.9. The van der Waals surface area contributed by atoms with Crippen LogP contribution >= 0.6 is 0 Å². The van der Waals surface area contributed by atoms with Crippen molar-refractivity contribution in [3.8, 4) is 0 Å². The van der Waals surface area contributed by atoms with E-state index in [0.29, 0.717) is 5.57 Å². The van der Waals surface area contributed by atoms with Crippen LogP contribution in [0.2, 0.25) is 0 Å². The molecule has 3 saturated heterocycles. The first kappa shape index (κ1) is 32.7. The Morgan fingerprint density at radius 3 is 2.33 bits per heavy atom. The van der Waals surface area contributed by atoms with Gasteiger partial charge in [0.15, 0.2) is 6.29 Å². The molecule has 0 aromatic rings. The van der Waals surface area contributed by atoms with Crippen molar-refractivity contribution in [3.63, 3.8) is 0 Å². The summed E-state index contributed by atoms with van der Waals surface area (Å²) in [5, 5.41) is 76.5. The zero-order valence-electron chi connectivity index (χ0n) is 25.1. The first-order chi connectivity index (χ1) is 21.1. The van der Waals surface area contributed by atoms with E-state index in [2.05, 4.69) is 0 Å². The summed E-state index contributed by atoms with van der Waals surface area (Å²) in [4.78, 5) is 39.0. The number of carbonyl (C=O) groups excluding carboxylic acids is 3. The van der Waals surface area contributed by atoms with Crippen LogP contribution in [0.15, 0.2) is 11.6 Å². The molecule has 7 N–H and O–H groups in total. The van der Waals surface area contributed by atoms with Crippen LogP contribution in [0.3, 0.4) is 0 Å². The molecule has 5 fully saturated rings. The number of hydrogen-bond acceptors (Lipinski definition) is 16. The van der Waals surface area contributed by atoms with E-state index in [4.69, 9.17) is 28.4 Å². The van der Waals surface area contributed by atoms with Gasteiger partial charge in [-0.1, -0.05) is 18.6 Å². The summed E-state index contributed by atoms with van der Waals surface area (Å²) in [6, 6.07) is 0. The number of ether oxygens (including phenoxy) is 6. The number of aliphatic hydroxyl groups excluding tert-OH is 7. The Morgan fingerprint density at radius 1 is 1.02 bits per heavy atom. The molecule has 0 aromatic carbocycles. The Bertz CT molecular complexity index is 1270. The Labute approximate surface area is 257 Å². The molecular weight excluding hydrogens is 604 g/mol. The van der Waals surface area contributed by atoms with Crippen LogP contribution in [-0.4, -0.2) is 147 Å². The van der Waals surface area contributed by atoms with Crippen LogP contribution in [0.5, 0.6) is 0 Å². The van der Waals surface area contributed by atoms with Crippen molar-refractivity contribution < 1.29 is 78.6 Å². The van der Waals surface area contributed by atoms with Crippen molar-refractivity contribution in [2.75, 3.05) is 20.3 Å². The van der Waals surface area contributed by atoms with E-state index < -0.39 is 126 Å². The number of carbonyl (C=O) groups is 3. The van der Waals surface area contributed by atoms with Crippen LogP contribution < -0.4 is 0 Å². The molecule has 1 spiro atoms. The highest BCUT2D eigenvalue weighted by Gasteiger charge is 2.85. The number of fused-ring (bicyclic) bond motifs is 2. The van der Waals surface area contributed by atoms with Crippen molar-refractivity contribution in [1.29, 1.82) is 0 Å². The van der Waals surface area contributed by atoms with Crippen LogP contribution in [0.25, 0.3) is 0 Å². The summed E-state index contributed by atoms with van der Waals surface area (Å²) >= 11 is 0. The predicted octanol–water partition coefficient (Wildman–Crippen LogP) is -3.73. The fraction of sp³-hybridized carbons (Fsp3) is 0.828. The third-order valence-corrected chi connectivity index (χ3v) is 11.4. The first-order valence-electron chi connectivity index (χ1n) is 14.9. The Hall–Kier alpha value is -2.25. The quantitative estimate of drug-likeness (QED) is 0.0863. The van der Waals surface area contributed by atoms with Gasteiger partial charge in [0.2, 0.25) is 11.7 Å². The predicted molar refractivity (Wildman–Crippen MR) is 142 cm³/mol. The van der Waals surface area contributed by atoms with Gasteiger partial charge in [-0.25, -0.2) is 9.59 Å². The normalized spacial score (nSPS) is 53.4. The minimum absolute atomic E-state index is 0.0949. The highest BCUT2D eigenvalue weighted by atomic mass is 16.7. The van der Waals surface area contributed by atoms with Gasteiger partial charge >= 0.3 is 17.9 Å². The van der Waals surface area contributed by atoms with Crippen LogP contribution in [0.4, 0.5) is 0 Å². The lowest BCUT2D eigenvalue weighted by Crippen LogP contribution is -2.80. The molecule has 3 aliphatic carbocycles. The number of rotatable bonds is 5. The van der Waals surface area contributed by atoms with Gasteiger partial charge in [-0.3, -0.25) is 4.79 Å². The lowest BCUT2D eigenvalue weighted by atomic mass is 9.37. The lowest BCUT2D eigenvalue weighted by molar-refractivity contribution is -0.330. The van der Waals surface area contributed by atoms with Crippen LogP contribution in [-0.2, 0) is 42.8 Å². The number of hydrogen-bond donors (Lipinski definition) is 7. The minimum atomic E-state index is -2.32. The van der Waals surface area contributed by atoms with E-state index >= 15 is 0 Å². The summed E-state index contributed by atoms with van der Waals surface area (Å²) in [5.74, 6) is -6.04. The molecule has 6 aliphatic rings. The second kappa shape index (κ2) is 10.9. The van der Waals surface area contributed by atoms with Gasteiger partial charge in [0.25, 0.3) is 0 Å². The molecule has 6 rings (SSSR count). The van der Waals surface area contributed by atoms with Crippen molar-refractivity contribution >= 4 is 17.9 Å². The summed E-state index contributed by atoms with van der Waals surface area (Å²) in [6.45, 7) is 3.42. The lowest BCUT2D eigenvalue weighted by Gasteiger charge is -2.68. The fourth-order valence-electron chi connectivity index (χ4n) is 9.58. The maximum absolute atomic E-state index is 13.4. The van der Waals surface area contributed by atoms with Gasteiger partial charge in [-0.05, 0) is 19.3 Å². The molecule has 252 valence electrons. The van der Waals surface area contributed by atoms with Gasteiger partial charge in [-0.15, -0.1) is 0 Å². The molecule has 0 radical (unpaired) electrons. The second-order valence-corrected chi connectivity index (χ2v) is 13.3. The van der Waals surface area contributed by atoms with Crippen LogP contribution in [0.1, 0.15) is 27.2 Å². The van der Waals surface area contributed by atoms with Gasteiger partial charge < -0.3 is 64.2 Å². The molecule has 2 saturated carbocycles. The molecule has 0 aromatic heterocycles. The molecule has 2 bridgehead atoms. The molecule has 45 heavy (non-hydrogen) atoms. The van der Waals surface area contributed by atoms with E-state index in [-0.39, 0.29) is 13.0 Å². The molecule has 0 amide bonds. The van der Waals surface area contributed by atoms with E-state index in [9.17, 15) is 50.1 Å². The molecule has 3 heterocycles. The van der Waals surface area contributed by atoms with Gasteiger partial charge in [-0.2, -0.15) is 0 Å². The fourth-order valence-corrected chi connectivity index (χ4v) is 9.58. The van der Waals surface area contributed by atoms with Gasteiger partial charge in [0.05, 0.1) is 38.4 Å². The Morgan fingerprint density at radius 2 is 1.71 bits per heavy atom. The standard InChI is InChI=1S/C29H40O16/c1-9-5-12(43-25-17(34)16(33)15(32)13(7-30)44-25)22(36)27(3)11(9)6-14-28-8-41-29(26(39)40-4,23(37)18(35)20(27)28)21(28)19(24(38)45-14)42-10(2)31/h5,11-23,25,30,32-37H,6-8H2,1-4H3. The molecule has 17 unspecified atom stereocenters. The molecule has 3 aliphatic heterocycles. The topological polar surface area (TPSA) is 248 Å². The highest BCUT2D eigenvalue weighted by molar-refractivity contribution is 5.87. The summed E-state index contributed by atoms with van der Waals surface area (Å²) in [5.41, 5.74) is -4.57. The van der Waals surface area contributed by atoms with Crippen LogP contribution in [0, 0.1) is 28.6 Å². The van der Waals surface area contributed by atoms with E-state index in [1.54, 1.807) is 19.9 Å². The largest absolute Gasteiger partial charge is 0.467 e. The van der Waals surface area contributed by atoms with Crippen molar-refractivity contribution in [3.05, 3.63) is 11.6 Å². The van der Waals surface area contributed by atoms with Crippen molar-refractivity contribution in [1.82, 2.24) is 0 Å². The summed E-state index contributed by atoms with van der Waals surface area (Å²) in [7, 11) is 1.05. The number of methoxy groups -OCH3 is 1. The zero-order chi connectivity index (χ0) is 33.0. The maximum atomic E-state index is 13.4. The molecule has 16 heteroatoms. The molecular formula is C29H40O16. The minimum Gasteiger partial charge on any atom is -0.467 e. The summed E-state index contributed by atoms with van der Waals surface area (Å²) < 4.78 is 33.9. The average molecular weight is 645 g/mol. The Kier molecular flexibility index (Phi) is 7.92. The van der Waals surface area contributed by atoms with Crippen molar-refractivity contribution in [2.24, 2.45) is 28.6 Å². The number of esters is 3. The number of aliphatic hydroxyl groups is 7. The third kappa shape index (κ3) is 4.11. The smallest absolute Gasteiger partial charge is 0.348 e. The number of allylic oxidation sites excluding steroid dienone is 1. The van der Waals surface area contributed by atoms with Crippen molar-refractivity contribution in [2.45, 2.75) is 100 Å². The highest BCUT2D eigenvalue weighted by Crippen LogP contribution is 2.72. The third-order valence-electron chi connectivity index (χ3n) is 11.4. The van der Waals surface area contributed by atoms with E-state index in [1.165, 1.54) is 0 Å². The van der Waals surface area contributed by atoms with Gasteiger partial charge in [0, 0.05) is 23.7 Å². The Balaban J connectivity index is 1.46. The van der Waals surface area contributed by atoms with E-state index in [0.717, 1.165) is 14.0 Å².